The molecule has 1 heterocycles. The average molecular weight is 450 g/mol. The molecule has 0 radical (unpaired) electrons. The van der Waals surface area contributed by atoms with Gasteiger partial charge in [0, 0.05) is 49.4 Å². The molecule has 0 aromatic heterocycles. The SMILES string of the molecule is C[C@@H](O)[C@H](NC(=O)c1ccc(C#Cc2ccc(CN3CCN(C)CC3)cc2)cc1)C(=O)CO. The van der Waals surface area contributed by atoms with E-state index in [1.54, 1.807) is 24.3 Å². The van der Waals surface area contributed by atoms with Gasteiger partial charge in [-0.15, -0.1) is 0 Å². The summed E-state index contributed by atoms with van der Waals surface area (Å²) in [6, 6.07) is 13.8. The third-order valence-corrected chi connectivity index (χ3v) is 5.73. The van der Waals surface area contributed by atoms with Crippen LogP contribution in [0.25, 0.3) is 0 Å². The van der Waals surface area contributed by atoms with E-state index in [-0.39, 0.29) is 0 Å². The number of nitrogens with one attached hydrogen (secondary N) is 1. The first-order valence-corrected chi connectivity index (χ1v) is 11.1. The van der Waals surface area contributed by atoms with Crippen LogP contribution in [0.5, 0.6) is 0 Å². The van der Waals surface area contributed by atoms with Crippen molar-refractivity contribution in [2.75, 3.05) is 39.8 Å². The molecule has 1 amide bonds. The molecule has 3 N–H and O–H groups in total. The molecule has 3 rings (SSSR count). The third-order valence-electron chi connectivity index (χ3n) is 5.73. The van der Waals surface area contributed by atoms with Crippen molar-refractivity contribution in [3.63, 3.8) is 0 Å². The summed E-state index contributed by atoms with van der Waals surface area (Å²) in [5.41, 5.74) is 3.29. The normalized spacial score (nSPS) is 16.4. The van der Waals surface area contributed by atoms with Gasteiger partial charge in [-0.1, -0.05) is 24.0 Å². The van der Waals surface area contributed by atoms with Crippen LogP contribution >= 0.6 is 0 Å². The van der Waals surface area contributed by atoms with Gasteiger partial charge in [-0.05, 0) is 55.9 Å². The van der Waals surface area contributed by atoms with Gasteiger partial charge in [0.1, 0.15) is 12.6 Å². The molecule has 0 spiro atoms. The predicted molar refractivity (Wildman–Crippen MR) is 127 cm³/mol. The minimum atomic E-state index is -1.15. The number of carbonyl (C=O) groups excluding carboxylic acids is 2. The highest BCUT2D eigenvalue weighted by Crippen LogP contribution is 2.10. The summed E-state index contributed by atoms with van der Waals surface area (Å²) in [6.45, 7) is 5.97. The molecule has 2 aromatic carbocycles. The zero-order chi connectivity index (χ0) is 23.8. The van der Waals surface area contributed by atoms with E-state index in [1.165, 1.54) is 12.5 Å². The largest absolute Gasteiger partial charge is 0.391 e. The number of hydrogen-bond donors (Lipinski definition) is 3. The molecule has 7 nitrogen and oxygen atoms in total. The van der Waals surface area contributed by atoms with Crippen LogP contribution in [0.3, 0.4) is 0 Å². The molecular weight excluding hydrogens is 418 g/mol. The van der Waals surface area contributed by atoms with Crippen molar-refractivity contribution < 1.29 is 19.8 Å². The Hall–Kier alpha value is -3.02. The summed E-state index contributed by atoms with van der Waals surface area (Å²) in [5.74, 6) is 5.09. The second-order valence-electron chi connectivity index (χ2n) is 8.42. The standard InChI is InChI=1S/C26H31N3O4/c1-19(31)25(24(32)18-30)27-26(33)23-11-9-21(10-12-23)4-3-20-5-7-22(8-6-20)17-29-15-13-28(2)14-16-29/h5-12,19,25,30-31H,13-18H2,1-2H3,(H,27,33)/t19-,25+/m1/s1. The van der Waals surface area contributed by atoms with Crippen molar-refractivity contribution in [1.29, 1.82) is 0 Å². The zero-order valence-corrected chi connectivity index (χ0v) is 19.1. The van der Waals surface area contributed by atoms with Gasteiger partial charge < -0.3 is 20.4 Å². The Morgan fingerprint density at radius 2 is 1.52 bits per heavy atom. The van der Waals surface area contributed by atoms with E-state index in [1.807, 2.05) is 12.1 Å². The van der Waals surface area contributed by atoms with Crippen LogP contribution in [-0.4, -0.2) is 83.7 Å². The van der Waals surface area contributed by atoms with Crippen LogP contribution in [0.15, 0.2) is 48.5 Å². The first kappa shape index (κ1) is 24.6. The number of piperazine rings is 1. The molecule has 0 aliphatic carbocycles. The van der Waals surface area contributed by atoms with Crippen LogP contribution in [-0.2, 0) is 11.3 Å². The minimum Gasteiger partial charge on any atom is -0.391 e. The van der Waals surface area contributed by atoms with Crippen molar-refractivity contribution >= 4 is 11.7 Å². The maximum Gasteiger partial charge on any atom is 0.251 e. The molecule has 33 heavy (non-hydrogen) atoms. The summed E-state index contributed by atoms with van der Waals surface area (Å²) >= 11 is 0. The van der Waals surface area contributed by atoms with Gasteiger partial charge in [-0.3, -0.25) is 14.5 Å². The molecule has 7 heteroatoms. The Kier molecular flexibility index (Phi) is 8.75. The monoisotopic (exact) mass is 449 g/mol. The number of amides is 1. The number of carbonyl (C=O) groups is 2. The number of ketones is 1. The van der Waals surface area contributed by atoms with Gasteiger partial charge in [0.25, 0.3) is 5.91 Å². The fourth-order valence-electron chi connectivity index (χ4n) is 3.60. The van der Waals surface area contributed by atoms with Crippen LogP contribution < -0.4 is 5.32 Å². The van der Waals surface area contributed by atoms with Crippen molar-refractivity contribution in [2.24, 2.45) is 0 Å². The lowest BCUT2D eigenvalue weighted by molar-refractivity contribution is -0.125. The molecule has 174 valence electrons. The minimum absolute atomic E-state index is 0.338. The number of benzene rings is 2. The van der Waals surface area contributed by atoms with Gasteiger partial charge in [0.2, 0.25) is 0 Å². The quantitative estimate of drug-likeness (QED) is 0.544. The second kappa shape index (κ2) is 11.7. The van der Waals surface area contributed by atoms with Crippen molar-refractivity contribution in [3.05, 3.63) is 70.8 Å². The molecule has 0 saturated carbocycles. The van der Waals surface area contributed by atoms with E-state index in [2.05, 4.69) is 46.1 Å². The van der Waals surface area contributed by atoms with Gasteiger partial charge in [-0.2, -0.15) is 0 Å². The van der Waals surface area contributed by atoms with Gasteiger partial charge in [0.05, 0.1) is 6.10 Å². The van der Waals surface area contributed by atoms with Crippen molar-refractivity contribution in [2.45, 2.75) is 25.6 Å². The average Bonchev–Trinajstić information content (AvgIpc) is 2.83. The maximum atomic E-state index is 12.4. The summed E-state index contributed by atoms with van der Waals surface area (Å²) in [5, 5.41) is 21.1. The number of Topliss-reactive ketones (excluding diaryl/α,β-unsaturated/α-hetero) is 1. The highest BCUT2D eigenvalue weighted by Gasteiger charge is 2.25. The fraction of sp³-hybridized carbons (Fsp3) is 0.385. The van der Waals surface area contributed by atoms with Gasteiger partial charge in [-0.25, -0.2) is 0 Å². The van der Waals surface area contributed by atoms with Crippen LogP contribution in [0.2, 0.25) is 0 Å². The Balaban J connectivity index is 1.57. The zero-order valence-electron chi connectivity index (χ0n) is 19.1. The van der Waals surface area contributed by atoms with E-state index < -0.39 is 30.4 Å². The van der Waals surface area contributed by atoms with Crippen LogP contribution in [0, 0.1) is 11.8 Å². The first-order valence-electron chi connectivity index (χ1n) is 11.1. The maximum absolute atomic E-state index is 12.4. The van der Waals surface area contributed by atoms with Crippen molar-refractivity contribution in [3.8, 4) is 11.8 Å². The topological polar surface area (TPSA) is 93.1 Å². The lowest BCUT2D eigenvalue weighted by atomic mass is 10.1. The first-order chi connectivity index (χ1) is 15.9. The van der Waals surface area contributed by atoms with E-state index in [0.717, 1.165) is 43.9 Å². The molecule has 1 fully saturated rings. The van der Waals surface area contributed by atoms with E-state index in [0.29, 0.717) is 5.56 Å². The number of hydrogen-bond acceptors (Lipinski definition) is 6. The van der Waals surface area contributed by atoms with Crippen LogP contribution in [0.1, 0.15) is 34.0 Å². The van der Waals surface area contributed by atoms with E-state index >= 15 is 0 Å². The third kappa shape index (κ3) is 7.24. The van der Waals surface area contributed by atoms with Crippen LogP contribution in [0.4, 0.5) is 0 Å². The number of rotatable bonds is 7. The Bertz CT molecular complexity index is 999. The second-order valence-corrected chi connectivity index (χ2v) is 8.42. The van der Waals surface area contributed by atoms with Crippen molar-refractivity contribution in [1.82, 2.24) is 15.1 Å². The van der Waals surface area contributed by atoms with Gasteiger partial charge >= 0.3 is 0 Å². The molecule has 1 aliphatic rings. The highest BCUT2D eigenvalue weighted by atomic mass is 16.3. The number of aliphatic hydroxyl groups is 2. The van der Waals surface area contributed by atoms with E-state index in [4.69, 9.17) is 5.11 Å². The Morgan fingerprint density at radius 1 is 0.970 bits per heavy atom. The summed E-state index contributed by atoms with van der Waals surface area (Å²) < 4.78 is 0. The molecule has 2 aromatic rings. The molecule has 0 bridgehead atoms. The molecular formula is C26H31N3O4. The molecule has 1 saturated heterocycles. The summed E-state index contributed by atoms with van der Waals surface area (Å²) in [6.07, 6.45) is -1.10. The fourth-order valence-corrected chi connectivity index (χ4v) is 3.60. The number of likely N-dealkylation sites (N-methyl/N-ethyl adjacent to an activating group) is 1. The number of aliphatic hydroxyl groups excluding tert-OH is 2. The summed E-state index contributed by atoms with van der Waals surface area (Å²) in [4.78, 5) is 28.8. The predicted octanol–water partition coefficient (Wildman–Crippen LogP) is 0.874. The molecule has 1 aliphatic heterocycles. The smallest absolute Gasteiger partial charge is 0.251 e. The highest BCUT2D eigenvalue weighted by molar-refractivity contribution is 5.98. The Morgan fingerprint density at radius 3 is 2.03 bits per heavy atom. The lowest BCUT2D eigenvalue weighted by Crippen LogP contribution is -2.48. The Labute approximate surface area is 195 Å². The lowest BCUT2D eigenvalue weighted by Gasteiger charge is -2.32. The molecule has 0 unspecified atom stereocenters. The van der Waals surface area contributed by atoms with Gasteiger partial charge in [0.15, 0.2) is 5.78 Å². The number of nitrogens with zero attached hydrogens (tertiary/aromatic N) is 2. The molecule has 2 atom stereocenters. The summed E-state index contributed by atoms with van der Waals surface area (Å²) in [7, 11) is 2.15. The van der Waals surface area contributed by atoms with E-state index in [9.17, 15) is 14.7 Å².